The maximum Gasteiger partial charge on any atom is 0.393 e. The molecule has 1 aromatic heterocycles. The zero-order chi connectivity index (χ0) is 14.3. The molecule has 19 heavy (non-hydrogen) atoms. The van der Waals surface area contributed by atoms with Crippen molar-refractivity contribution in [2.45, 2.75) is 38.9 Å². The first-order valence-electron chi connectivity index (χ1n) is 6.15. The molecule has 0 amide bonds. The summed E-state index contributed by atoms with van der Waals surface area (Å²) in [7, 11) is 0. The monoisotopic (exact) mass is 272 g/mol. The zero-order valence-corrected chi connectivity index (χ0v) is 11.2. The summed E-state index contributed by atoms with van der Waals surface area (Å²) < 4.78 is 38.2. The molecule has 2 N–H and O–H groups in total. The van der Waals surface area contributed by atoms with Crippen molar-refractivity contribution in [3.8, 4) is 0 Å². The number of hydrogen-bond acceptors (Lipinski definition) is 3. The second-order valence-electron chi connectivity index (χ2n) is 5.83. The Balaban J connectivity index is 2.26. The van der Waals surface area contributed by atoms with Gasteiger partial charge in [-0.15, -0.1) is 0 Å². The first-order chi connectivity index (χ1) is 8.67. The van der Waals surface area contributed by atoms with E-state index in [9.17, 15) is 13.2 Å². The first-order valence-corrected chi connectivity index (χ1v) is 6.15. The zero-order valence-electron chi connectivity index (χ0n) is 11.2. The second kappa shape index (κ2) is 4.58. The average Bonchev–Trinajstić information content (AvgIpc) is 2.25. The van der Waals surface area contributed by atoms with Crippen LogP contribution in [0, 0.1) is 12.1 Å². The van der Waals surface area contributed by atoms with E-state index < -0.39 is 12.1 Å². The minimum absolute atomic E-state index is 0.0241. The molecule has 1 atom stereocenters. The van der Waals surface area contributed by atoms with Crippen LogP contribution in [0.2, 0.25) is 0 Å². The van der Waals surface area contributed by atoms with Crippen molar-refractivity contribution in [1.82, 2.24) is 4.98 Å². The molecule has 0 aliphatic carbocycles. The number of nitrogens with zero attached hydrogens (tertiary/aromatic N) is 1. The number of alkyl halides is 3. The number of anilines is 2. The van der Waals surface area contributed by atoms with E-state index in [1.54, 1.807) is 0 Å². The lowest BCUT2D eigenvalue weighted by atomic mass is 9.94. The van der Waals surface area contributed by atoms with Crippen LogP contribution in [0.1, 0.15) is 26.3 Å². The second-order valence-corrected chi connectivity index (χ2v) is 5.83. The summed E-state index contributed by atoms with van der Waals surface area (Å²) in [6.07, 6.45) is -1.54. The molecule has 0 spiro atoms. The predicted octanol–water partition coefficient (Wildman–Crippen LogP) is 3.24. The SMILES string of the molecule is CC(C)(C)Nc1n[c]cc2c1NCC(C(F)(F)F)C2. The van der Waals surface area contributed by atoms with Gasteiger partial charge >= 0.3 is 6.18 Å². The fourth-order valence-electron chi connectivity index (χ4n) is 2.05. The summed E-state index contributed by atoms with van der Waals surface area (Å²) in [5.41, 5.74) is 1.06. The largest absolute Gasteiger partial charge is 0.393 e. The van der Waals surface area contributed by atoms with Crippen LogP contribution in [0.5, 0.6) is 0 Å². The number of aromatic nitrogens is 1. The fraction of sp³-hybridized carbons (Fsp3) is 0.615. The van der Waals surface area contributed by atoms with E-state index >= 15 is 0 Å². The van der Waals surface area contributed by atoms with E-state index in [4.69, 9.17) is 0 Å². The molecule has 0 fully saturated rings. The molecule has 2 rings (SSSR count). The van der Waals surface area contributed by atoms with E-state index in [2.05, 4.69) is 21.8 Å². The van der Waals surface area contributed by atoms with Crippen LogP contribution in [0.15, 0.2) is 6.07 Å². The maximum atomic E-state index is 12.7. The van der Waals surface area contributed by atoms with Crippen LogP contribution in [0.25, 0.3) is 0 Å². The topological polar surface area (TPSA) is 37.0 Å². The number of pyridine rings is 1. The smallest absolute Gasteiger partial charge is 0.381 e. The van der Waals surface area contributed by atoms with Crippen molar-refractivity contribution >= 4 is 11.5 Å². The van der Waals surface area contributed by atoms with Crippen LogP contribution in [-0.4, -0.2) is 23.2 Å². The van der Waals surface area contributed by atoms with Crippen LogP contribution >= 0.6 is 0 Å². The number of fused-ring (bicyclic) bond motifs is 1. The number of halogens is 3. The Morgan fingerprint density at radius 1 is 1.37 bits per heavy atom. The number of hydrogen-bond donors (Lipinski definition) is 2. The lowest BCUT2D eigenvalue weighted by molar-refractivity contribution is -0.170. The predicted molar refractivity (Wildman–Crippen MR) is 68.2 cm³/mol. The van der Waals surface area contributed by atoms with Crippen molar-refractivity contribution < 1.29 is 13.2 Å². The minimum atomic E-state index is -4.18. The Morgan fingerprint density at radius 3 is 2.63 bits per heavy atom. The molecule has 6 heteroatoms. The van der Waals surface area contributed by atoms with Gasteiger partial charge in [-0.25, -0.2) is 4.98 Å². The Bertz CT molecular complexity index is 463. The number of rotatable bonds is 1. The highest BCUT2D eigenvalue weighted by molar-refractivity contribution is 5.70. The van der Waals surface area contributed by atoms with Gasteiger partial charge in [0.2, 0.25) is 0 Å². The molecule has 0 saturated heterocycles. The van der Waals surface area contributed by atoms with Crippen LogP contribution in [-0.2, 0) is 6.42 Å². The molecule has 1 aromatic rings. The molecule has 0 bridgehead atoms. The highest BCUT2D eigenvalue weighted by Crippen LogP contribution is 2.37. The van der Waals surface area contributed by atoms with E-state index in [1.807, 2.05) is 20.8 Å². The molecular formula is C13H17F3N3. The summed E-state index contributed by atoms with van der Waals surface area (Å²) in [5.74, 6) is -0.788. The fourth-order valence-corrected chi connectivity index (χ4v) is 2.05. The Morgan fingerprint density at radius 2 is 2.05 bits per heavy atom. The van der Waals surface area contributed by atoms with Crippen molar-refractivity contribution in [2.75, 3.05) is 17.2 Å². The summed E-state index contributed by atoms with van der Waals surface area (Å²) >= 11 is 0. The number of nitrogens with one attached hydrogen (secondary N) is 2. The summed E-state index contributed by atoms with van der Waals surface area (Å²) in [4.78, 5) is 4.08. The van der Waals surface area contributed by atoms with Gasteiger partial charge in [0.05, 0.1) is 17.8 Å². The lowest BCUT2D eigenvalue weighted by Crippen LogP contribution is -2.36. The molecule has 0 aromatic carbocycles. The molecule has 1 aliphatic heterocycles. The van der Waals surface area contributed by atoms with E-state index in [1.165, 1.54) is 6.07 Å². The quantitative estimate of drug-likeness (QED) is 0.824. The van der Waals surface area contributed by atoms with Gasteiger partial charge in [0, 0.05) is 12.1 Å². The van der Waals surface area contributed by atoms with Gasteiger partial charge in [-0.1, -0.05) is 0 Å². The minimum Gasteiger partial charge on any atom is -0.381 e. The normalized spacial score (nSPS) is 19.6. The van der Waals surface area contributed by atoms with Gasteiger partial charge in [0.15, 0.2) is 5.82 Å². The molecule has 105 valence electrons. The molecule has 1 aliphatic rings. The van der Waals surface area contributed by atoms with Crippen molar-refractivity contribution in [3.63, 3.8) is 0 Å². The van der Waals surface area contributed by atoms with Crippen LogP contribution in [0.4, 0.5) is 24.7 Å². The van der Waals surface area contributed by atoms with Gasteiger partial charge in [-0.3, -0.25) is 0 Å². The third-order valence-electron chi connectivity index (χ3n) is 2.92. The van der Waals surface area contributed by atoms with Gasteiger partial charge < -0.3 is 10.6 Å². The average molecular weight is 272 g/mol. The Kier molecular flexibility index (Phi) is 3.36. The summed E-state index contributed by atoms with van der Waals surface area (Å²) in [6, 6.07) is 1.52. The molecule has 1 radical (unpaired) electrons. The summed E-state index contributed by atoms with van der Waals surface area (Å²) in [6.45, 7) is 5.79. The molecule has 3 nitrogen and oxygen atoms in total. The van der Waals surface area contributed by atoms with Gasteiger partial charge in [-0.2, -0.15) is 13.2 Å². The third-order valence-corrected chi connectivity index (χ3v) is 2.92. The third kappa shape index (κ3) is 3.30. The molecule has 2 heterocycles. The highest BCUT2D eigenvalue weighted by atomic mass is 19.4. The van der Waals surface area contributed by atoms with Gasteiger partial charge in [-0.05, 0) is 38.8 Å². The molecular weight excluding hydrogens is 255 g/mol. The van der Waals surface area contributed by atoms with Crippen LogP contribution < -0.4 is 10.6 Å². The van der Waals surface area contributed by atoms with E-state index in [0.29, 0.717) is 17.1 Å². The summed E-state index contributed by atoms with van der Waals surface area (Å²) in [5, 5.41) is 6.02. The lowest BCUT2D eigenvalue weighted by Gasteiger charge is -2.30. The highest BCUT2D eigenvalue weighted by Gasteiger charge is 2.41. The Labute approximate surface area is 110 Å². The van der Waals surface area contributed by atoms with E-state index in [-0.39, 0.29) is 18.5 Å². The molecule has 1 unspecified atom stereocenters. The maximum absolute atomic E-state index is 12.7. The van der Waals surface area contributed by atoms with E-state index in [0.717, 1.165) is 0 Å². The van der Waals surface area contributed by atoms with Crippen molar-refractivity contribution in [3.05, 3.63) is 17.8 Å². The van der Waals surface area contributed by atoms with Gasteiger partial charge in [0.1, 0.15) is 0 Å². The molecule has 0 saturated carbocycles. The standard InChI is InChI=1S/C13H17F3N3/c1-12(2,3)19-11-10-8(4-5-17-11)6-9(7-18-10)13(14,15)16/h4,9,18H,6-7H2,1-3H3,(H,17,19). The van der Waals surface area contributed by atoms with Crippen molar-refractivity contribution in [1.29, 1.82) is 0 Å². The first kappa shape index (κ1) is 14.0. The Hall–Kier alpha value is -1.46. The van der Waals surface area contributed by atoms with Crippen molar-refractivity contribution in [2.24, 2.45) is 5.92 Å². The van der Waals surface area contributed by atoms with Gasteiger partial charge in [0.25, 0.3) is 0 Å². The van der Waals surface area contributed by atoms with Crippen LogP contribution in [0.3, 0.4) is 0 Å².